The van der Waals surface area contributed by atoms with Gasteiger partial charge in [0.15, 0.2) is 0 Å². The molecule has 0 unspecified atom stereocenters. The Hall–Kier alpha value is -1.91. The lowest BCUT2D eigenvalue weighted by Crippen LogP contribution is -2.08. The van der Waals surface area contributed by atoms with E-state index in [0.29, 0.717) is 12.4 Å². The minimum atomic E-state index is -1.03. The molecule has 0 aliphatic heterocycles. The van der Waals surface area contributed by atoms with E-state index in [9.17, 15) is 4.79 Å². The van der Waals surface area contributed by atoms with Crippen molar-refractivity contribution in [1.82, 2.24) is 9.97 Å². The molecule has 5 nitrogen and oxygen atoms in total. The topological polar surface area (TPSA) is 75.1 Å². The van der Waals surface area contributed by atoms with E-state index in [0.717, 1.165) is 5.57 Å². The molecule has 1 aromatic heterocycles. The van der Waals surface area contributed by atoms with Crippen LogP contribution < -0.4 is 5.32 Å². The quantitative estimate of drug-likeness (QED) is 0.733. The highest BCUT2D eigenvalue weighted by Crippen LogP contribution is 2.09. The first-order valence-electron chi connectivity index (χ1n) is 4.52. The predicted octanol–water partition coefficient (Wildman–Crippen LogP) is 1.55. The van der Waals surface area contributed by atoms with Crippen molar-refractivity contribution >= 4 is 11.8 Å². The Morgan fingerprint density at radius 2 is 2.33 bits per heavy atom. The Morgan fingerprint density at radius 1 is 1.60 bits per heavy atom. The van der Waals surface area contributed by atoms with Gasteiger partial charge in [0.1, 0.15) is 17.7 Å². The van der Waals surface area contributed by atoms with Crippen molar-refractivity contribution in [3.05, 3.63) is 29.7 Å². The molecular formula is C10H13N3O2. The van der Waals surface area contributed by atoms with E-state index in [1.807, 2.05) is 19.9 Å². The van der Waals surface area contributed by atoms with Crippen LogP contribution in [0.4, 0.5) is 5.82 Å². The van der Waals surface area contributed by atoms with E-state index in [1.54, 1.807) is 0 Å². The summed E-state index contributed by atoms with van der Waals surface area (Å²) in [7, 11) is 0. The number of allylic oxidation sites excluding steroid dienone is 1. The summed E-state index contributed by atoms with van der Waals surface area (Å²) in [4.78, 5) is 18.3. The van der Waals surface area contributed by atoms with Crippen molar-refractivity contribution in [3.63, 3.8) is 0 Å². The summed E-state index contributed by atoms with van der Waals surface area (Å²) in [5.74, 6) is -0.690. The summed E-state index contributed by atoms with van der Waals surface area (Å²) < 4.78 is 0. The largest absolute Gasteiger partial charge is 0.477 e. The molecule has 15 heavy (non-hydrogen) atoms. The average Bonchev–Trinajstić information content (AvgIpc) is 2.17. The van der Waals surface area contributed by atoms with Crippen LogP contribution in [0.15, 0.2) is 24.2 Å². The minimum absolute atomic E-state index is 0.0830. The third-order valence-electron chi connectivity index (χ3n) is 1.72. The van der Waals surface area contributed by atoms with Gasteiger partial charge in [-0.2, -0.15) is 0 Å². The predicted molar refractivity (Wildman–Crippen MR) is 56.9 cm³/mol. The lowest BCUT2D eigenvalue weighted by atomic mass is 10.3. The number of nitrogens with one attached hydrogen (secondary N) is 1. The van der Waals surface area contributed by atoms with E-state index < -0.39 is 5.97 Å². The molecule has 0 fully saturated rings. The van der Waals surface area contributed by atoms with Gasteiger partial charge in [0.25, 0.3) is 0 Å². The number of hydrogen-bond acceptors (Lipinski definition) is 4. The zero-order valence-corrected chi connectivity index (χ0v) is 8.69. The van der Waals surface area contributed by atoms with Crippen molar-refractivity contribution in [2.45, 2.75) is 13.8 Å². The van der Waals surface area contributed by atoms with Gasteiger partial charge in [-0.25, -0.2) is 14.8 Å². The van der Waals surface area contributed by atoms with Crippen LogP contribution in [0.5, 0.6) is 0 Å². The van der Waals surface area contributed by atoms with Crippen LogP contribution in [0.1, 0.15) is 24.2 Å². The third kappa shape index (κ3) is 3.38. The molecule has 0 radical (unpaired) electrons. The first-order chi connectivity index (χ1) is 7.11. The van der Waals surface area contributed by atoms with Gasteiger partial charge in [0, 0.05) is 12.7 Å². The Morgan fingerprint density at radius 3 is 2.93 bits per heavy atom. The van der Waals surface area contributed by atoms with Crippen LogP contribution in [0, 0.1) is 0 Å². The number of carbonyl (C=O) groups is 1. The van der Waals surface area contributed by atoms with Gasteiger partial charge in [0.2, 0.25) is 0 Å². The molecule has 0 saturated carbocycles. The lowest BCUT2D eigenvalue weighted by Gasteiger charge is -2.05. The number of carboxylic acid groups (broad SMARTS) is 1. The van der Waals surface area contributed by atoms with Gasteiger partial charge in [-0.3, -0.25) is 0 Å². The van der Waals surface area contributed by atoms with Gasteiger partial charge >= 0.3 is 5.97 Å². The summed E-state index contributed by atoms with van der Waals surface area (Å²) in [6.07, 6.45) is 4.55. The molecule has 0 aliphatic carbocycles. The molecule has 0 spiro atoms. The standard InChI is InChI=1S/C10H13N3O2/c1-7(2)3-4-12-9-8(10(14)15)5-11-6-13-9/h3,5-6H,4H2,1-2H3,(H,14,15)(H,11,12,13). The second-order valence-electron chi connectivity index (χ2n) is 3.25. The number of aromatic nitrogens is 2. The smallest absolute Gasteiger partial charge is 0.341 e. The maximum atomic E-state index is 10.8. The number of aromatic carboxylic acids is 1. The van der Waals surface area contributed by atoms with Gasteiger partial charge in [-0.15, -0.1) is 0 Å². The van der Waals surface area contributed by atoms with Crippen molar-refractivity contribution in [3.8, 4) is 0 Å². The highest BCUT2D eigenvalue weighted by atomic mass is 16.4. The van der Waals surface area contributed by atoms with E-state index in [1.165, 1.54) is 12.5 Å². The maximum absolute atomic E-state index is 10.8. The molecule has 0 bridgehead atoms. The molecule has 1 aromatic rings. The number of anilines is 1. The van der Waals surface area contributed by atoms with E-state index in [4.69, 9.17) is 5.11 Å². The first kappa shape index (κ1) is 11.2. The Labute approximate surface area is 87.9 Å². The second kappa shape index (κ2) is 5.09. The first-order valence-corrected chi connectivity index (χ1v) is 4.52. The van der Waals surface area contributed by atoms with Crippen LogP contribution in [-0.2, 0) is 0 Å². The average molecular weight is 207 g/mol. The SMILES string of the molecule is CC(C)=CCNc1ncncc1C(=O)O. The summed E-state index contributed by atoms with van der Waals surface area (Å²) >= 11 is 0. The molecule has 0 atom stereocenters. The van der Waals surface area contributed by atoms with Gasteiger partial charge in [-0.05, 0) is 13.8 Å². The molecule has 0 amide bonds. The summed E-state index contributed by atoms with van der Waals surface area (Å²) in [5.41, 5.74) is 1.24. The number of rotatable bonds is 4. The van der Waals surface area contributed by atoms with Gasteiger partial charge < -0.3 is 10.4 Å². The number of carboxylic acids is 1. The van der Waals surface area contributed by atoms with E-state index in [2.05, 4.69) is 15.3 Å². The number of nitrogens with zero attached hydrogens (tertiary/aromatic N) is 2. The zero-order chi connectivity index (χ0) is 11.3. The van der Waals surface area contributed by atoms with Crippen LogP contribution in [0.2, 0.25) is 0 Å². The van der Waals surface area contributed by atoms with Crippen LogP contribution in [0.25, 0.3) is 0 Å². The highest BCUT2D eigenvalue weighted by Gasteiger charge is 2.09. The fourth-order valence-corrected chi connectivity index (χ4v) is 0.979. The minimum Gasteiger partial charge on any atom is -0.477 e. The molecule has 0 aromatic carbocycles. The van der Waals surface area contributed by atoms with Crippen LogP contribution in [0.3, 0.4) is 0 Å². The zero-order valence-electron chi connectivity index (χ0n) is 8.69. The van der Waals surface area contributed by atoms with Crippen molar-refractivity contribution < 1.29 is 9.90 Å². The molecule has 80 valence electrons. The molecule has 0 aliphatic rings. The molecule has 1 rings (SSSR count). The third-order valence-corrected chi connectivity index (χ3v) is 1.72. The van der Waals surface area contributed by atoms with Gasteiger partial charge in [0.05, 0.1) is 0 Å². The molecule has 1 heterocycles. The summed E-state index contributed by atoms with van der Waals surface area (Å²) in [5, 5.41) is 11.8. The van der Waals surface area contributed by atoms with Gasteiger partial charge in [-0.1, -0.05) is 11.6 Å². The van der Waals surface area contributed by atoms with Crippen LogP contribution in [-0.4, -0.2) is 27.6 Å². The van der Waals surface area contributed by atoms with Crippen molar-refractivity contribution in [2.24, 2.45) is 0 Å². The Bertz CT molecular complexity index is 384. The van der Waals surface area contributed by atoms with E-state index in [-0.39, 0.29) is 5.56 Å². The van der Waals surface area contributed by atoms with Crippen LogP contribution >= 0.6 is 0 Å². The second-order valence-corrected chi connectivity index (χ2v) is 3.25. The Balaban J connectivity index is 2.76. The molecule has 0 saturated heterocycles. The normalized spacial score (nSPS) is 9.47. The summed E-state index contributed by atoms with van der Waals surface area (Å²) in [6, 6.07) is 0. The fourth-order valence-electron chi connectivity index (χ4n) is 0.979. The molecule has 2 N–H and O–H groups in total. The molecular weight excluding hydrogens is 194 g/mol. The van der Waals surface area contributed by atoms with Crippen molar-refractivity contribution in [1.29, 1.82) is 0 Å². The fraction of sp³-hybridized carbons (Fsp3) is 0.300. The highest BCUT2D eigenvalue weighted by molar-refractivity contribution is 5.92. The maximum Gasteiger partial charge on any atom is 0.341 e. The van der Waals surface area contributed by atoms with Crippen molar-refractivity contribution in [2.75, 3.05) is 11.9 Å². The van der Waals surface area contributed by atoms with E-state index >= 15 is 0 Å². The monoisotopic (exact) mass is 207 g/mol. The molecule has 5 heteroatoms. The number of hydrogen-bond donors (Lipinski definition) is 2. The Kier molecular flexibility index (Phi) is 3.79. The lowest BCUT2D eigenvalue weighted by molar-refractivity contribution is 0.0697. The summed E-state index contributed by atoms with van der Waals surface area (Å²) in [6.45, 7) is 4.50.